The highest BCUT2D eigenvalue weighted by Crippen LogP contribution is 2.30. The first kappa shape index (κ1) is 22.1. The first-order valence-electron chi connectivity index (χ1n) is 11.2. The molecule has 3 aromatic heterocycles. The van der Waals surface area contributed by atoms with Crippen LogP contribution in [0.3, 0.4) is 0 Å². The third-order valence-electron chi connectivity index (χ3n) is 5.68. The van der Waals surface area contributed by atoms with E-state index in [1.807, 2.05) is 54.0 Å². The number of amides is 1. The Kier molecular flexibility index (Phi) is 6.09. The number of fused-ring (bicyclic) bond motifs is 1. The van der Waals surface area contributed by atoms with Crippen molar-refractivity contribution in [1.82, 2.24) is 19.7 Å². The molecule has 1 aliphatic rings. The highest BCUT2D eigenvalue weighted by atomic mass is 16.5. The molecule has 8 nitrogen and oxygen atoms in total. The lowest BCUT2D eigenvalue weighted by Gasteiger charge is -2.16. The van der Waals surface area contributed by atoms with Crippen molar-refractivity contribution in [3.05, 3.63) is 102 Å². The molecule has 8 heteroatoms. The number of benzene rings is 1. The van der Waals surface area contributed by atoms with E-state index >= 15 is 0 Å². The maximum Gasteiger partial charge on any atom is 0.258 e. The van der Waals surface area contributed by atoms with Crippen LogP contribution in [0.5, 0.6) is 11.5 Å². The average molecular weight is 465 g/mol. The molecule has 0 aliphatic carbocycles. The Bertz CT molecular complexity index is 1480. The molecule has 0 atom stereocenters. The third kappa shape index (κ3) is 4.96. The largest absolute Gasteiger partial charge is 0.457 e. The number of pyridine rings is 2. The van der Waals surface area contributed by atoms with Gasteiger partial charge in [-0.25, -0.2) is 9.97 Å². The number of hydrogen-bond acceptors (Lipinski definition) is 6. The molecule has 0 saturated heterocycles. The Balaban J connectivity index is 1.26. The van der Waals surface area contributed by atoms with E-state index in [1.165, 1.54) is 0 Å². The van der Waals surface area contributed by atoms with Crippen LogP contribution in [-0.4, -0.2) is 33.0 Å². The zero-order valence-electron chi connectivity index (χ0n) is 19.2. The number of imidazole rings is 1. The topological polar surface area (TPSA) is 92.9 Å². The molecule has 2 N–H and O–H groups in total. The summed E-state index contributed by atoms with van der Waals surface area (Å²) in [4.78, 5) is 24.8. The molecule has 4 heterocycles. The second kappa shape index (κ2) is 9.64. The van der Waals surface area contributed by atoms with E-state index in [4.69, 9.17) is 4.74 Å². The predicted molar refractivity (Wildman–Crippen MR) is 137 cm³/mol. The second-order valence-electron chi connectivity index (χ2n) is 8.08. The van der Waals surface area contributed by atoms with E-state index in [2.05, 4.69) is 32.2 Å². The van der Waals surface area contributed by atoms with Gasteiger partial charge in [0.25, 0.3) is 5.91 Å². The van der Waals surface area contributed by atoms with Gasteiger partial charge >= 0.3 is 0 Å². The minimum atomic E-state index is -0.247. The number of rotatable bonds is 8. The molecule has 0 spiro atoms. The number of carbonyl (C=O) groups is 1. The summed E-state index contributed by atoms with van der Waals surface area (Å²) in [6, 6.07) is 13.3. The van der Waals surface area contributed by atoms with Crippen molar-refractivity contribution in [3.63, 3.8) is 0 Å². The summed E-state index contributed by atoms with van der Waals surface area (Å²) < 4.78 is 8.13. The third-order valence-corrected chi connectivity index (χ3v) is 5.68. The minimum Gasteiger partial charge on any atom is -0.457 e. The van der Waals surface area contributed by atoms with Crippen LogP contribution in [0.2, 0.25) is 0 Å². The van der Waals surface area contributed by atoms with E-state index in [0.717, 1.165) is 28.0 Å². The monoisotopic (exact) mass is 464 g/mol. The molecule has 0 fully saturated rings. The molecule has 1 amide bonds. The molecule has 5 rings (SSSR count). The Hall–Kier alpha value is -4.72. The van der Waals surface area contributed by atoms with Gasteiger partial charge in [0.05, 0.1) is 12.1 Å². The fourth-order valence-corrected chi connectivity index (χ4v) is 3.79. The first-order chi connectivity index (χ1) is 17.1. The second-order valence-corrected chi connectivity index (χ2v) is 8.08. The molecule has 1 aromatic carbocycles. The van der Waals surface area contributed by atoms with Gasteiger partial charge in [-0.3, -0.25) is 9.79 Å². The molecular weight excluding hydrogens is 440 g/mol. The van der Waals surface area contributed by atoms with Crippen molar-refractivity contribution in [2.24, 2.45) is 4.99 Å². The number of carbonyl (C=O) groups excluding carboxylic acids is 1. The molecule has 0 saturated carbocycles. The lowest BCUT2D eigenvalue weighted by molar-refractivity contribution is -0.112. The van der Waals surface area contributed by atoms with E-state index in [-0.39, 0.29) is 5.91 Å². The Morgan fingerprint density at radius 1 is 1.17 bits per heavy atom. The van der Waals surface area contributed by atoms with Gasteiger partial charge in [0.1, 0.15) is 23.0 Å². The predicted octanol–water partition coefficient (Wildman–Crippen LogP) is 4.54. The molecular formula is C27H24N6O2. The van der Waals surface area contributed by atoms with Gasteiger partial charge in [-0.05, 0) is 36.8 Å². The lowest BCUT2D eigenvalue weighted by Crippen LogP contribution is -2.15. The Labute approximate surface area is 202 Å². The van der Waals surface area contributed by atoms with E-state index in [1.54, 1.807) is 36.8 Å². The molecule has 0 unspecified atom stereocenters. The van der Waals surface area contributed by atoms with Gasteiger partial charge in [-0.15, -0.1) is 0 Å². The molecule has 0 radical (unpaired) electrons. The zero-order chi connectivity index (χ0) is 24.2. The number of hydrogen-bond donors (Lipinski definition) is 2. The number of ether oxygens (including phenoxy) is 1. The summed E-state index contributed by atoms with van der Waals surface area (Å²) in [5, 5.41) is 6.18. The maximum absolute atomic E-state index is 12.3. The summed E-state index contributed by atoms with van der Waals surface area (Å²) in [5.41, 5.74) is 5.26. The Morgan fingerprint density at radius 3 is 2.94 bits per heavy atom. The average Bonchev–Trinajstić information content (AvgIpc) is 3.56. The summed E-state index contributed by atoms with van der Waals surface area (Å²) in [5.74, 6) is 1.42. The number of nitrogens with zero attached hydrogens (tertiary/aromatic N) is 4. The van der Waals surface area contributed by atoms with Crippen molar-refractivity contribution >= 4 is 29.3 Å². The molecule has 0 bridgehead atoms. The lowest BCUT2D eigenvalue weighted by atomic mass is 10.1. The quantitative estimate of drug-likeness (QED) is 0.399. The van der Waals surface area contributed by atoms with Crippen LogP contribution in [-0.2, 0) is 11.3 Å². The fourth-order valence-electron chi connectivity index (χ4n) is 3.79. The van der Waals surface area contributed by atoms with Crippen LogP contribution in [0.1, 0.15) is 16.7 Å². The number of aliphatic imine (C=N–C) groups is 1. The SMILES string of the molecule is C=C(NCc1ccc2nccn2c1)c1cccc(Oc2ccnc(NC(=O)C3=CCN=C3)c2)c1C. The molecule has 1 aliphatic heterocycles. The number of anilines is 1. The highest BCUT2D eigenvalue weighted by Gasteiger charge is 2.13. The van der Waals surface area contributed by atoms with Crippen molar-refractivity contribution in [2.45, 2.75) is 13.5 Å². The fraction of sp³-hybridized carbons (Fsp3) is 0.111. The van der Waals surface area contributed by atoms with Gasteiger partial charge < -0.3 is 19.8 Å². The van der Waals surface area contributed by atoms with Crippen molar-refractivity contribution in [3.8, 4) is 11.5 Å². The molecule has 35 heavy (non-hydrogen) atoms. The summed E-state index contributed by atoms with van der Waals surface area (Å²) in [6.45, 7) is 7.37. The first-order valence-corrected chi connectivity index (χ1v) is 11.2. The minimum absolute atomic E-state index is 0.247. The van der Waals surface area contributed by atoms with Crippen LogP contribution in [0.4, 0.5) is 5.82 Å². The van der Waals surface area contributed by atoms with Crippen LogP contribution in [0, 0.1) is 6.92 Å². The van der Waals surface area contributed by atoms with Gasteiger partial charge in [-0.1, -0.05) is 24.8 Å². The summed E-state index contributed by atoms with van der Waals surface area (Å²) in [7, 11) is 0. The molecule has 174 valence electrons. The number of nitrogens with one attached hydrogen (secondary N) is 2. The summed E-state index contributed by atoms with van der Waals surface area (Å²) >= 11 is 0. The standard InChI is InChI=1S/C27H24N6O2/c1-18-23(19(2)31-15-20-6-7-26-30-12-13-33(26)17-20)4-3-5-24(18)35-22-9-11-29-25(14-22)32-27(34)21-8-10-28-16-21/h3-9,11-14,16-17,31H,2,10,15H2,1H3,(H,29,32,34). The van der Waals surface area contributed by atoms with Crippen molar-refractivity contribution < 1.29 is 9.53 Å². The molecule has 4 aromatic rings. The van der Waals surface area contributed by atoms with E-state index in [0.29, 0.717) is 36.0 Å². The van der Waals surface area contributed by atoms with Crippen LogP contribution < -0.4 is 15.4 Å². The zero-order valence-corrected chi connectivity index (χ0v) is 19.2. The maximum atomic E-state index is 12.3. The van der Waals surface area contributed by atoms with Crippen molar-refractivity contribution in [1.29, 1.82) is 0 Å². The van der Waals surface area contributed by atoms with Crippen LogP contribution in [0.15, 0.2) is 90.5 Å². The number of aromatic nitrogens is 3. The van der Waals surface area contributed by atoms with E-state index in [9.17, 15) is 4.79 Å². The van der Waals surface area contributed by atoms with Gasteiger partial charge in [-0.2, -0.15) is 0 Å². The van der Waals surface area contributed by atoms with Crippen LogP contribution >= 0.6 is 0 Å². The van der Waals surface area contributed by atoms with Gasteiger partial charge in [0.2, 0.25) is 0 Å². The summed E-state index contributed by atoms with van der Waals surface area (Å²) in [6.07, 6.45) is 10.7. The normalized spacial score (nSPS) is 12.4. The van der Waals surface area contributed by atoms with Crippen LogP contribution in [0.25, 0.3) is 11.3 Å². The van der Waals surface area contributed by atoms with Gasteiger partial charge in [0.15, 0.2) is 0 Å². The van der Waals surface area contributed by atoms with Crippen molar-refractivity contribution in [2.75, 3.05) is 11.9 Å². The van der Waals surface area contributed by atoms with E-state index < -0.39 is 0 Å². The van der Waals surface area contributed by atoms with Gasteiger partial charge in [0, 0.05) is 60.4 Å². The smallest absolute Gasteiger partial charge is 0.258 e. The Morgan fingerprint density at radius 2 is 2.09 bits per heavy atom. The highest BCUT2D eigenvalue weighted by molar-refractivity contribution is 6.18.